The van der Waals surface area contributed by atoms with Crippen LogP contribution in [0.5, 0.6) is 0 Å². The largest absolute Gasteiger partial charge is 0.378 e. The predicted octanol–water partition coefficient (Wildman–Crippen LogP) is 5.76. The molecule has 2 heteroatoms. The molecule has 0 aliphatic heterocycles. The highest BCUT2D eigenvalue weighted by Gasteiger charge is 2.57. The van der Waals surface area contributed by atoms with Crippen LogP contribution in [0.15, 0.2) is 12.2 Å². The van der Waals surface area contributed by atoms with E-state index >= 15 is 0 Å². The lowest BCUT2D eigenvalue weighted by molar-refractivity contribution is -0.0872. The first-order chi connectivity index (χ1) is 11.9. The third-order valence-corrected chi connectivity index (χ3v) is 8.98. The van der Waals surface area contributed by atoms with Crippen molar-refractivity contribution in [3.63, 3.8) is 0 Å². The minimum atomic E-state index is -0.822. The number of hydrogen-bond acceptors (Lipinski definition) is 1. The number of aliphatic hydroxyl groups is 1. The van der Waals surface area contributed by atoms with Gasteiger partial charge in [0.1, 0.15) is 5.60 Å². The standard InChI is InChI=1S/C23H33ClO/c1-15(2)20-6-7-21-19-5-4-16-14-23(25,12-13-24)11-9-17(16)18(19)8-10-22(20,21)3/h16-21,25H,1,4-11,14H2,2-3H3/t16-,17+,18-,19-,20-,21+,22-,23+/m1/s1. The average Bonchev–Trinajstić information content (AvgIpc) is 2.91. The van der Waals surface area contributed by atoms with E-state index in [0.717, 1.165) is 48.9 Å². The summed E-state index contributed by atoms with van der Waals surface area (Å²) in [6.07, 6.45) is 11.0. The highest BCUT2D eigenvalue weighted by atomic mass is 35.5. The summed E-state index contributed by atoms with van der Waals surface area (Å²) in [5.74, 6) is 7.79. The maximum Gasteiger partial charge on any atom is 0.127 e. The lowest BCUT2D eigenvalue weighted by Crippen LogP contribution is -2.50. The molecule has 1 N–H and O–H groups in total. The molecule has 0 aromatic rings. The minimum absolute atomic E-state index is 0.499. The highest BCUT2D eigenvalue weighted by molar-refractivity contribution is 6.30. The molecule has 138 valence electrons. The van der Waals surface area contributed by atoms with E-state index in [1.807, 2.05) is 0 Å². The molecule has 0 amide bonds. The summed E-state index contributed by atoms with van der Waals surface area (Å²) < 4.78 is 0. The molecule has 4 fully saturated rings. The number of halogens is 1. The van der Waals surface area contributed by atoms with Crippen LogP contribution in [-0.2, 0) is 0 Å². The molecular weight excluding hydrogens is 328 g/mol. The van der Waals surface area contributed by atoms with Crippen molar-refractivity contribution in [2.75, 3.05) is 0 Å². The SMILES string of the molecule is C=C(C)[C@H]1CC[C@H]2[C@@H]3CC[C@@H]4C[C@@](O)(C#CCl)CC[C@@H]4[C@H]3CC[C@]12C. The van der Waals surface area contributed by atoms with Crippen LogP contribution in [0, 0.1) is 52.2 Å². The summed E-state index contributed by atoms with van der Waals surface area (Å²) >= 11 is 5.60. The van der Waals surface area contributed by atoms with Gasteiger partial charge in [-0.25, -0.2) is 0 Å². The van der Waals surface area contributed by atoms with Gasteiger partial charge in [-0.1, -0.05) is 25.0 Å². The molecule has 0 radical (unpaired) electrons. The Morgan fingerprint density at radius 2 is 1.80 bits per heavy atom. The van der Waals surface area contributed by atoms with Gasteiger partial charge in [0.05, 0.1) is 0 Å². The van der Waals surface area contributed by atoms with Crippen molar-refractivity contribution in [1.29, 1.82) is 0 Å². The highest BCUT2D eigenvalue weighted by Crippen LogP contribution is 2.65. The van der Waals surface area contributed by atoms with Crippen LogP contribution in [0.2, 0.25) is 0 Å². The van der Waals surface area contributed by atoms with Crippen LogP contribution >= 0.6 is 11.6 Å². The first kappa shape index (κ1) is 17.9. The van der Waals surface area contributed by atoms with Gasteiger partial charge in [0.2, 0.25) is 0 Å². The molecule has 0 saturated heterocycles. The maximum atomic E-state index is 10.7. The molecule has 0 aromatic heterocycles. The molecule has 0 unspecified atom stereocenters. The summed E-state index contributed by atoms with van der Waals surface area (Å²) in [6, 6.07) is 0. The third-order valence-electron chi connectivity index (χ3n) is 8.88. The summed E-state index contributed by atoms with van der Waals surface area (Å²) in [6.45, 7) is 9.15. The Morgan fingerprint density at radius 3 is 2.52 bits per heavy atom. The van der Waals surface area contributed by atoms with Crippen LogP contribution in [0.1, 0.15) is 71.6 Å². The van der Waals surface area contributed by atoms with Crippen molar-refractivity contribution in [3.05, 3.63) is 12.2 Å². The van der Waals surface area contributed by atoms with E-state index in [4.69, 9.17) is 11.6 Å². The van der Waals surface area contributed by atoms with E-state index in [2.05, 4.69) is 31.7 Å². The van der Waals surface area contributed by atoms with Gasteiger partial charge >= 0.3 is 0 Å². The number of allylic oxidation sites excluding steroid dienone is 1. The van der Waals surface area contributed by atoms with Crippen LogP contribution in [0.4, 0.5) is 0 Å². The molecule has 0 aromatic carbocycles. The zero-order valence-corrected chi connectivity index (χ0v) is 16.6. The topological polar surface area (TPSA) is 20.2 Å². The molecule has 1 nitrogen and oxygen atoms in total. The Balaban J connectivity index is 1.53. The van der Waals surface area contributed by atoms with Crippen molar-refractivity contribution < 1.29 is 5.11 Å². The molecule has 8 atom stereocenters. The Morgan fingerprint density at radius 1 is 1.04 bits per heavy atom. The van der Waals surface area contributed by atoms with Crippen molar-refractivity contribution in [3.8, 4) is 11.3 Å². The molecular formula is C23H33ClO. The summed E-state index contributed by atoms with van der Waals surface area (Å²) in [5.41, 5.74) is 1.09. The quantitative estimate of drug-likeness (QED) is 0.465. The van der Waals surface area contributed by atoms with Gasteiger partial charge in [-0.2, -0.15) is 0 Å². The van der Waals surface area contributed by atoms with Gasteiger partial charge in [-0.3, -0.25) is 0 Å². The zero-order chi connectivity index (χ0) is 17.8. The second-order valence-corrected chi connectivity index (χ2v) is 10.1. The van der Waals surface area contributed by atoms with Crippen molar-refractivity contribution in [1.82, 2.24) is 0 Å². The van der Waals surface area contributed by atoms with Gasteiger partial charge in [-0.05, 0) is 117 Å². The number of hydrogen-bond donors (Lipinski definition) is 1. The smallest absolute Gasteiger partial charge is 0.127 e. The molecule has 4 rings (SSSR count). The van der Waals surface area contributed by atoms with Gasteiger partial charge in [0.15, 0.2) is 0 Å². The Bertz CT molecular complexity index is 615. The number of fused-ring (bicyclic) bond motifs is 5. The number of rotatable bonds is 1. The van der Waals surface area contributed by atoms with E-state index in [9.17, 15) is 5.11 Å². The molecule has 0 heterocycles. The molecule has 0 spiro atoms. The monoisotopic (exact) mass is 360 g/mol. The lowest BCUT2D eigenvalue weighted by Gasteiger charge is -2.57. The molecule has 4 saturated carbocycles. The fourth-order valence-corrected chi connectivity index (χ4v) is 8.07. The summed E-state index contributed by atoms with van der Waals surface area (Å²) in [5, 5.41) is 13.2. The second kappa shape index (κ2) is 6.31. The molecule has 0 bridgehead atoms. The van der Waals surface area contributed by atoms with E-state index in [1.165, 1.54) is 44.1 Å². The molecule has 25 heavy (non-hydrogen) atoms. The van der Waals surface area contributed by atoms with Gasteiger partial charge in [-0.15, -0.1) is 0 Å². The van der Waals surface area contributed by atoms with Crippen LogP contribution in [0.3, 0.4) is 0 Å². The Labute approximate surface area is 158 Å². The predicted molar refractivity (Wildman–Crippen MR) is 104 cm³/mol. The minimum Gasteiger partial charge on any atom is -0.378 e. The van der Waals surface area contributed by atoms with E-state index in [-0.39, 0.29) is 0 Å². The maximum absolute atomic E-state index is 10.7. The molecule has 4 aliphatic rings. The summed E-state index contributed by atoms with van der Waals surface area (Å²) in [4.78, 5) is 0. The summed E-state index contributed by atoms with van der Waals surface area (Å²) in [7, 11) is 0. The fraction of sp³-hybridized carbons (Fsp3) is 0.826. The van der Waals surface area contributed by atoms with Crippen LogP contribution < -0.4 is 0 Å². The lowest BCUT2D eigenvalue weighted by atomic mass is 9.49. The zero-order valence-electron chi connectivity index (χ0n) is 15.9. The third kappa shape index (κ3) is 2.80. The van der Waals surface area contributed by atoms with Crippen molar-refractivity contribution >= 4 is 11.6 Å². The van der Waals surface area contributed by atoms with Crippen LogP contribution in [0.25, 0.3) is 0 Å². The van der Waals surface area contributed by atoms with Gasteiger partial charge < -0.3 is 5.11 Å². The van der Waals surface area contributed by atoms with E-state index in [0.29, 0.717) is 11.3 Å². The Kier molecular flexibility index (Phi) is 4.53. The normalized spacial score (nSPS) is 51.5. The van der Waals surface area contributed by atoms with Crippen molar-refractivity contribution in [2.24, 2.45) is 40.9 Å². The molecule has 4 aliphatic carbocycles. The fourth-order valence-electron chi connectivity index (χ4n) is 7.89. The van der Waals surface area contributed by atoms with Crippen molar-refractivity contribution in [2.45, 2.75) is 77.2 Å². The van der Waals surface area contributed by atoms with Gasteiger partial charge in [0.25, 0.3) is 0 Å². The van der Waals surface area contributed by atoms with Crippen LogP contribution in [-0.4, -0.2) is 10.7 Å². The van der Waals surface area contributed by atoms with E-state index < -0.39 is 5.60 Å². The Hall–Kier alpha value is -0.450. The van der Waals surface area contributed by atoms with E-state index in [1.54, 1.807) is 0 Å². The second-order valence-electron chi connectivity index (χ2n) is 9.95. The van der Waals surface area contributed by atoms with Gasteiger partial charge in [0, 0.05) is 5.38 Å². The first-order valence-corrected chi connectivity index (χ1v) is 10.8. The average molecular weight is 361 g/mol. The first-order valence-electron chi connectivity index (χ1n) is 10.4.